The number of carbonyl (C=O) groups is 2. The van der Waals surface area contributed by atoms with Gasteiger partial charge in [0.05, 0.1) is 0 Å². The van der Waals surface area contributed by atoms with Crippen molar-refractivity contribution >= 4 is 22.8 Å². The van der Waals surface area contributed by atoms with Crippen molar-refractivity contribution in [2.45, 2.75) is 31.6 Å². The minimum atomic E-state index is -1.15. The summed E-state index contributed by atoms with van der Waals surface area (Å²) in [5, 5.41) is 10.3. The van der Waals surface area contributed by atoms with Crippen LogP contribution in [0.3, 0.4) is 0 Å². The van der Waals surface area contributed by atoms with Crippen LogP contribution in [0.1, 0.15) is 37.2 Å². The monoisotopic (exact) mass is 330 g/mol. The number of fused-ring (bicyclic) bond motifs is 1. The standard InChI is InChI=1S/C18H19FN2O3/c19-12-1-2-13-14(10-20-15(13)9-12)11-3-7-21(8-4-11)16(22)18(5-6-18)17(23)24/h1-2,9-11,20H,3-8H2,(H,23,24). The van der Waals surface area contributed by atoms with Crippen molar-refractivity contribution in [3.05, 3.63) is 35.8 Å². The van der Waals surface area contributed by atoms with Gasteiger partial charge in [0.25, 0.3) is 0 Å². The molecule has 6 heteroatoms. The van der Waals surface area contributed by atoms with Crippen molar-refractivity contribution in [1.82, 2.24) is 9.88 Å². The lowest BCUT2D eigenvalue weighted by Gasteiger charge is -2.33. The Balaban J connectivity index is 1.48. The normalized spacial score (nSPS) is 20.3. The molecule has 0 atom stereocenters. The average molecular weight is 330 g/mol. The average Bonchev–Trinajstić information content (AvgIpc) is 3.30. The number of piperidine rings is 1. The zero-order valence-corrected chi connectivity index (χ0v) is 13.2. The molecular weight excluding hydrogens is 311 g/mol. The number of nitrogens with one attached hydrogen (secondary N) is 1. The van der Waals surface area contributed by atoms with Gasteiger partial charge in [0.15, 0.2) is 0 Å². The topological polar surface area (TPSA) is 73.4 Å². The number of halogens is 1. The summed E-state index contributed by atoms with van der Waals surface area (Å²) >= 11 is 0. The zero-order valence-electron chi connectivity index (χ0n) is 13.2. The summed E-state index contributed by atoms with van der Waals surface area (Å²) < 4.78 is 13.3. The Morgan fingerprint density at radius 3 is 2.58 bits per heavy atom. The molecule has 4 rings (SSSR count). The number of carboxylic acids is 1. The summed E-state index contributed by atoms with van der Waals surface area (Å²) in [5.41, 5.74) is 0.785. The first-order chi connectivity index (χ1) is 11.5. The number of H-pyrrole nitrogens is 1. The van der Waals surface area contributed by atoms with Crippen LogP contribution in [-0.4, -0.2) is 40.0 Å². The van der Waals surface area contributed by atoms with Crippen LogP contribution in [0.2, 0.25) is 0 Å². The predicted octanol–water partition coefficient (Wildman–Crippen LogP) is 2.88. The van der Waals surface area contributed by atoms with Crippen LogP contribution >= 0.6 is 0 Å². The third kappa shape index (κ3) is 2.28. The number of carbonyl (C=O) groups excluding carboxylic acids is 1. The summed E-state index contributed by atoms with van der Waals surface area (Å²) in [7, 11) is 0. The molecule has 24 heavy (non-hydrogen) atoms. The van der Waals surface area contributed by atoms with E-state index in [0.717, 1.165) is 29.3 Å². The summed E-state index contributed by atoms with van der Waals surface area (Å²) in [5.74, 6) is -1.18. The van der Waals surface area contributed by atoms with Crippen LogP contribution in [0.5, 0.6) is 0 Å². The molecule has 1 saturated heterocycles. The Bertz CT molecular complexity index is 817. The first-order valence-electron chi connectivity index (χ1n) is 8.30. The number of rotatable bonds is 3. The fourth-order valence-corrected chi connectivity index (χ4v) is 3.80. The quantitative estimate of drug-likeness (QED) is 0.850. The second-order valence-electron chi connectivity index (χ2n) is 6.89. The SMILES string of the molecule is O=C(O)C1(C(=O)N2CCC(c3c[nH]c4cc(F)ccc34)CC2)CC1. The van der Waals surface area contributed by atoms with Gasteiger partial charge in [0, 0.05) is 30.2 Å². The van der Waals surface area contributed by atoms with Crippen molar-refractivity contribution in [3.63, 3.8) is 0 Å². The van der Waals surface area contributed by atoms with Gasteiger partial charge in [-0.15, -0.1) is 0 Å². The van der Waals surface area contributed by atoms with E-state index in [-0.39, 0.29) is 11.7 Å². The van der Waals surface area contributed by atoms with Crippen molar-refractivity contribution in [2.75, 3.05) is 13.1 Å². The second kappa shape index (κ2) is 5.33. The molecule has 0 unspecified atom stereocenters. The van der Waals surface area contributed by atoms with Crippen molar-refractivity contribution in [3.8, 4) is 0 Å². The van der Waals surface area contributed by atoms with E-state index >= 15 is 0 Å². The Morgan fingerprint density at radius 1 is 1.25 bits per heavy atom. The third-order valence-electron chi connectivity index (χ3n) is 5.47. The van der Waals surface area contributed by atoms with E-state index < -0.39 is 11.4 Å². The van der Waals surface area contributed by atoms with Crippen LogP contribution in [0.15, 0.2) is 24.4 Å². The van der Waals surface area contributed by atoms with Gasteiger partial charge >= 0.3 is 5.97 Å². The van der Waals surface area contributed by atoms with Crippen LogP contribution in [0.4, 0.5) is 4.39 Å². The molecule has 1 aliphatic carbocycles. The molecule has 1 aromatic carbocycles. The molecule has 2 heterocycles. The number of aromatic nitrogens is 1. The lowest BCUT2D eigenvalue weighted by molar-refractivity contribution is -0.153. The van der Waals surface area contributed by atoms with Gasteiger partial charge in [-0.2, -0.15) is 0 Å². The van der Waals surface area contributed by atoms with Crippen LogP contribution in [0.25, 0.3) is 10.9 Å². The molecule has 2 N–H and O–H groups in total. The van der Waals surface area contributed by atoms with E-state index in [0.29, 0.717) is 31.8 Å². The van der Waals surface area contributed by atoms with Crippen LogP contribution in [-0.2, 0) is 9.59 Å². The van der Waals surface area contributed by atoms with Crippen molar-refractivity contribution in [2.24, 2.45) is 5.41 Å². The van der Waals surface area contributed by atoms with E-state index in [1.165, 1.54) is 12.1 Å². The molecule has 1 amide bonds. The van der Waals surface area contributed by atoms with Gasteiger partial charge in [0.1, 0.15) is 11.2 Å². The van der Waals surface area contributed by atoms with Gasteiger partial charge in [-0.25, -0.2) is 4.39 Å². The number of benzene rings is 1. The van der Waals surface area contributed by atoms with Gasteiger partial charge in [0.2, 0.25) is 5.91 Å². The van der Waals surface area contributed by atoms with Crippen LogP contribution < -0.4 is 0 Å². The molecule has 1 aliphatic heterocycles. The molecule has 126 valence electrons. The number of nitrogens with zero attached hydrogens (tertiary/aromatic N) is 1. The smallest absolute Gasteiger partial charge is 0.319 e. The van der Waals surface area contributed by atoms with E-state index in [4.69, 9.17) is 0 Å². The summed E-state index contributed by atoms with van der Waals surface area (Å²) in [4.78, 5) is 28.6. The molecule has 0 radical (unpaired) electrons. The Hall–Kier alpha value is -2.37. The molecule has 5 nitrogen and oxygen atoms in total. The predicted molar refractivity (Wildman–Crippen MR) is 86.1 cm³/mol. The number of aliphatic carboxylic acids is 1. The maximum atomic E-state index is 13.3. The van der Waals surface area contributed by atoms with Gasteiger partial charge in [-0.05, 0) is 55.4 Å². The molecule has 2 aliphatic rings. The highest BCUT2D eigenvalue weighted by Crippen LogP contribution is 2.48. The molecular formula is C18H19FN2O3. The third-order valence-corrected chi connectivity index (χ3v) is 5.47. The Morgan fingerprint density at radius 2 is 1.96 bits per heavy atom. The molecule has 0 bridgehead atoms. The summed E-state index contributed by atoms with van der Waals surface area (Å²) in [6.07, 6.45) is 4.42. The Labute approximate surface area is 138 Å². The number of likely N-dealkylation sites (tertiary alicyclic amines) is 1. The maximum absolute atomic E-state index is 13.3. The van der Waals surface area contributed by atoms with E-state index in [9.17, 15) is 19.1 Å². The first kappa shape index (κ1) is 15.2. The molecule has 0 spiro atoms. The van der Waals surface area contributed by atoms with Crippen molar-refractivity contribution < 1.29 is 19.1 Å². The molecule has 2 fully saturated rings. The minimum absolute atomic E-state index is 0.227. The lowest BCUT2D eigenvalue weighted by Crippen LogP contribution is -2.44. The lowest BCUT2D eigenvalue weighted by atomic mass is 9.88. The Kier molecular flexibility index (Phi) is 3.37. The highest BCUT2D eigenvalue weighted by molar-refractivity contribution is 6.04. The summed E-state index contributed by atoms with van der Waals surface area (Å²) in [6, 6.07) is 4.74. The van der Waals surface area contributed by atoms with Gasteiger partial charge in [-0.3, -0.25) is 9.59 Å². The summed E-state index contributed by atoms with van der Waals surface area (Å²) in [6.45, 7) is 1.15. The van der Waals surface area contributed by atoms with Gasteiger partial charge < -0.3 is 15.0 Å². The highest BCUT2D eigenvalue weighted by atomic mass is 19.1. The number of amides is 1. The van der Waals surface area contributed by atoms with E-state index in [1.54, 1.807) is 11.0 Å². The fourth-order valence-electron chi connectivity index (χ4n) is 3.80. The second-order valence-corrected chi connectivity index (χ2v) is 6.89. The largest absolute Gasteiger partial charge is 0.480 e. The van der Waals surface area contributed by atoms with Crippen molar-refractivity contribution in [1.29, 1.82) is 0 Å². The van der Waals surface area contributed by atoms with E-state index in [1.807, 2.05) is 6.20 Å². The first-order valence-corrected chi connectivity index (χ1v) is 8.30. The number of carboxylic acid groups (broad SMARTS) is 1. The van der Waals surface area contributed by atoms with Crippen LogP contribution in [0, 0.1) is 11.2 Å². The van der Waals surface area contributed by atoms with Gasteiger partial charge in [-0.1, -0.05) is 0 Å². The molecule has 1 aromatic heterocycles. The number of aromatic amines is 1. The molecule has 2 aromatic rings. The van der Waals surface area contributed by atoms with E-state index in [2.05, 4.69) is 4.98 Å². The highest BCUT2D eigenvalue weighted by Gasteiger charge is 2.58. The minimum Gasteiger partial charge on any atom is -0.480 e. The fraction of sp³-hybridized carbons (Fsp3) is 0.444. The maximum Gasteiger partial charge on any atom is 0.319 e. The zero-order chi connectivity index (χ0) is 16.9. The molecule has 1 saturated carbocycles. The number of hydrogen-bond acceptors (Lipinski definition) is 2. The number of hydrogen-bond donors (Lipinski definition) is 2.